The van der Waals surface area contributed by atoms with E-state index >= 15 is 0 Å². The lowest BCUT2D eigenvalue weighted by Gasteiger charge is -2.15. The molecular weight excluding hydrogens is 384 g/mol. The van der Waals surface area contributed by atoms with Gasteiger partial charge < -0.3 is 20.1 Å². The number of methoxy groups -OCH3 is 1. The molecule has 0 unspecified atom stereocenters. The van der Waals surface area contributed by atoms with Gasteiger partial charge in [-0.05, 0) is 43.7 Å². The minimum Gasteiger partial charge on any atom is -0.496 e. The quantitative estimate of drug-likeness (QED) is 0.692. The molecule has 0 heterocycles. The van der Waals surface area contributed by atoms with Crippen LogP contribution in [0.3, 0.4) is 0 Å². The Morgan fingerprint density at radius 2 is 1.82 bits per heavy atom. The fraction of sp³-hybridized carbons (Fsp3) is 0.250. The third-order valence-corrected chi connectivity index (χ3v) is 4.36. The van der Waals surface area contributed by atoms with E-state index in [0.717, 1.165) is 0 Å². The maximum Gasteiger partial charge on any atom is 0.326 e. The van der Waals surface area contributed by atoms with Gasteiger partial charge in [0.05, 0.1) is 12.7 Å². The van der Waals surface area contributed by atoms with E-state index in [-0.39, 0.29) is 6.54 Å². The lowest BCUT2D eigenvalue weighted by Crippen LogP contribution is -2.36. The first kappa shape index (κ1) is 21.2. The van der Waals surface area contributed by atoms with Crippen LogP contribution in [0.2, 0.25) is 5.02 Å². The van der Waals surface area contributed by atoms with E-state index in [4.69, 9.17) is 21.1 Å². The van der Waals surface area contributed by atoms with E-state index in [1.165, 1.54) is 14.0 Å². The van der Waals surface area contributed by atoms with Gasteiger partial charge in [-0.25, -0.2) is 0 Å². The lowest BCUT2D eigenvalue weighted by atomic mass is 10.2. The van der Waals surface area contributed by atoms with Crippen LogP contribution in [0.15, 0.2) is 42.5 Å². The molecule has 1 atom stereocenters. The maximum atomic E-state index is 12.2. The summed E-state index contributed by atoms with van der Waals surface area (Å²) in [5.41, 5.74) is 1.53. The average Bonchev–Trinajstić information content (AvgIpc) is 2.69. The zero-order valence-electron chi connectivity index (χ0n) is 15.7. The number of anilines is 1. The molecular formula is C20H21ClN2O5. The third-order valence-electron chi connectivity index (χ3n) is 3.95. The summed E-state index contributed by atoms with van der Waals surface area (Å²) in [6.45, 7) is 2.82. The van der Waals surface area contributed by atoms with E-state index < -0.39 is 23.9 Å². The van der Waals surface area contributed by atoms with Crippen molar-refractivity contribution in [1.82, 2.24) is 5.32 Å². The number of nitrogens with one attached hydrogen (secondary N) is 2. The molecule has 2 aromatic carbocycles. The average molecular weight is 405 g/mol. The molecule has 0 aliphatic rings. The van der Waals surface area contributed by atoms with Crippen molar-refractivity contribution in [3.63, 3.8) is 0 Å². The molecule has 2 aromatic rings. The van der Waals surface area contributed by atoms with Crippen molar-refractivity contribution in [2.75, 3.05) is 19.0 Å². The van der Waals surface area contributed by atoms with Crippen LogP contribution in [-0.4, -0.2) is 37.5 Å². The van der Waals surface area contributed by atoms with Gasteiger partial charge in [0.15, 0.2) is 6.10 Å². The molecule has 0 aliphatic heterocycles. The first-order chi connectivity index (χ1) is 13.3. The summed E-state index contributed by atoms with van der Waals surface area (Å²) in [5.74, 6) is -1.34. The Morgan fingerprint density at radius 1 is 1.11 bits per heavy atom. The topological polar surface area (TPSA) is 93.7 Å². The zero-order valence-corrected chi connectivity index (χ0v) is 16.5. The van der Waals surface area contributed by atoms with Crippen LogP contribution in [-0.2, 0) is 14.3 Å². The molecule has 8 heteroatoms. The number of amides is 2. The highest BCUT2D eigenvalue weighted by molar-refractivity contribution is 6.31. The molecule has 0 saturated heterocycles. The second-order valence-electron chi connectivity index (χ2n) is 5.92. The predicted octanol–water partition coefficient (Wildman–Crippen LogP) is 2.96. The smallest absolute Gasteiger partial charge is 0.326 e. The van der Waals surface area contributed by atoms with Gasteiger partial charge in [0.2, 0.25) is 0 Å². The SMILES string of the molecule is COc1ccccc1C(=O)NCC(=O)O[C@@H](C)C(=O)Nc1cccc(Cl)c1C. The summed E-state index contributed by atoms with van der Waals surface area (Å²) in [5, 5.41) is 5.61. The highest BCUT2D eigenvalue weighted by Crippen LogP contribution is 2.23. The molecule has 0 saturated carbocycles. The highest BCUT2D eigenvalue weighted by Gasteiger charge is 2.20. The van der Waals surface area contributed by atoms with E-state index in [0.29, 0.717) is 27.6 Å². The number of ether oxygens (including phenoxy) is 2. The molecule has 0 spiro atoms. The maximum absolute atomic E-state index is 12.2. The van der Waals surface area contributed by atoms with Crippen LogP contribution >= 0.6 is 11.6 Å². The number of halogens is 1. The van der Waals surface area contributed by atoms with E-state index in [9.17, 15) is 14.4 Å². The Bertz CT molecular complexity index is 885. The fourth-order valence-corrected chi connectivity index (χ4v) is 2.52. The standard InChI is InChI=1S/C20H21ClN2O5/c1-12-15(21)8-6-9-16(12)23-19(25)13(2)28-18(24)11-22-20(26)14-7-4-5-10-17(14)27-3/h4-10,13H,11H2,1-3H3,(H,22,26)(H,23,25)/t13-/m0/s1. The van der Waals surface area contributed by atoms with Crippen LogP contribution in [0.4, 0.5) is 5.69 Å². The van der Waals surface area contributed by atoms with Gasteiger partial charge in [-0.15, -0.1) is 0 Å². The number of hydrogen-bond donors (Lipinski definition) is 2. The summed E-state index contributed by atoms with van der Waals surface area (Å²) in [6.07, 6.45) is -1.05. The largest absolute Gasteiger partial charge is 0.496 e. The Balaban J connectivity index is 1.87. The van der Waals surface area contributed by atoms with Gasteiger partial charge in [-0.3, -0.25) is 14.4 Å². The molecule has 28 heavy (non-hydrogen) atoms. The van der Waals surface area contributed by atoms with Crippen molar-refractivity contribution in [1.29, 1.82) is 0 Å². The van der Waals surface area contributed by atoms with Crippen molar-refractivity contribution in [3.8, 4) is 5.75 Å². The minimum absolute atomic E-state index is 0.292. The Morgan fingerprint density at radius 3 is 2.54 bits per heavy atom. The zero-order chi connectivity index (χ0) is 20.7. The number of carbonyl (C=O) groups excluding carboxylic acids is 3. The molecule has 148 valence electrons. The number of esters is 1. The molecule has 2 rings (SSSR count). The minimum atomic E-state index is -1.05. The molecule has 0 aromatic heterocycles. The summed E-state index contributed by atoms with van der Waals surface area (Å²) in [7, 11) is 1.45. The lowest BCUT2D eigenvalue weighted by molar-refractivity contribution is -0.152. The second kappa shape index (κ2) is 9.75. The van der Waals surface area contributed by atoms with Crippen LogP contribution in [0.5, 0.6) is 5.75 Å². The summed E-state index contributed by atoms with van der Waals surface area (Å²) >= 11 is 6.02. The molecule has 0 aliphatic carbocycles. The summed E-state index contributed by atoms with van der Waals surface area (Å²) in [6, 6.07) is 11.7. The van der Waals surface area contributed by atoms with Gasteiger partial charge in [0.25, 0.3) is 11.8 Å². The molecule has 2 N–H and O–H groups in total. The number of carbonyl (C=O) groups is 3. The van der Waals surface area contributed by atoms with Gasteiger partial charge >= 0.3 is 5.97 Å². The van der Waals surface area contributed by atoms with Crippen molar-refractivity contribution < 1.29 is 23.9 Å². The third kappa shape index (κ3) is 5.47. The Labute approximate surface area is 168 Å². The van der Waals surface area contributed by atoms with Crippen molar-refractivity contribution in [2.24, 2.45) is 0 Å². The van der Waals surface area contributed by atoms with Gasteiger partial charge in [0.1, 0.15) is 12.3 Å². The molecule has 0 bridgehead atoms. The second-order valence-corrected chi connectivity index (χ2v) is 6.32. The van der Waals surface area contributed by atoms with Crippen molar-refractivity contribution in [2.45, 2.75) is 20.0 Å². The van der Waals surface area contributed by atoms with E-state index in [2.05, 4.69) is 10.6 Å². The van der Waals surface area contributed by atoms with Gasteiger partial charge in [0, 0.05) is 10.7 Å². The van der Waals surface area contributed by atoms with Crippen LogP contribution in [0.1, 0.15) is 22.8 Å². The number of para-hydroxylation sites is 1. The first-order valence-electron chi connectivity index (χ1n) is 8.50. The molecule has 2 amide bonds. The normalized spacial score (nSPS) is 11.3. The van der Waals surface area contributed by atoms with Crippen LogP contribution in [0.25, 0.3) is 0 Å². The Hall–Kier alpha value is -3.06. The summed E-state index contributed by atoms with van der Waals surface area (Å²) < 4.78 is 10.2. The van der Waals surface area contributed by atoms with Crippen molar-refractivity contribution >= 4 is 35.1 Å². The fourth-order valence-electron chi connectivity index (χ4n) is 2.35. The van der Waals surface area contributed by atoms with E-state index in [1.807, 2.05) is 0 Å². The first-order valence-corrected chi connectivity index (χ1v) is 8.88. The monoisotopic (exact) mass is 404 g/mol. The number of benzene rings is 2. The van der Waals surface area contributed by atoms with Crippen molar-refractivity contribution in [3.05, 3.63) is 58.6 Å². The molecule has 0 fully saturated rings. The highest BCUT2D eigenvalue weighted by atomic mass is 35.5. The number of hydrogen-bond acceptors (Lipinski definition) is 5. The number of rotatable bonds is 7. The molecule has 0 radical (unpaired) electrons. The molecule has 7 nitrogen and oxygen atoms in total. The predicted molar refractivity (Wildman–Crippen MR) is 106 cm³/mol. The van der Waals surface area contributed by atoms with Crippen LogP contribution < -0.4 is 15.4 Å². The summed E-state index contributed by atoms with van der Waals surface area (Å²) in [4.78, 5) is 36.3. The van der Waals surface area contributed by atoms with Crippen LogP contribution in [0, 0.1) is 6.92 Å². The van der Waals surface area contributed by atoms with Gasteiger partial charge in [-0.1, -0.05) is 29.8 Å². The van der Waals surface area contributed by atoms with Gasteiger partial charge in [-0.2, -0.15) is 0 Å². The Kier molecular flexibility index (Phi) is 7.40. The van der Waals surface area contributed by atoms with E-state index in [1.54, 1.807) is 49.4 Å².